The van der Waals surface area contributed by atoms with E-state index in [2.05, 4.69) is 111 Å². The van der Waals surface area contributed by atoms with Crippen molar-refractivity contribution in [3.63, 3.8) is 0 Å². The van der Waals surface area contributed by atoms with E-state index in [0.29, 0.717) is 0 Å². The second-order valence-electron chi connectivity index (χ2n) is 8.03. The lowest BCUT2D eigenvalue weighted by molar-refractivity contribution is 0.996. The van der Waals surface area contributed by atoms with Gasteiger partial charge in [-0.1, -0.05) is 103 Å². The van der Waals surface area contributed by atoms with Crippen molar-refractivity contribution in [2.75, 3.05) is 0 Å². The van der Waals surface area contributed by atoms with Crippen LogP contribution in [0, 0.1) is 0 Å². The van der Waals surface area contributed by atoms with Gasteiger partial charge in [-0.2, -0.15) is 0 Å². The molecule has 0 aliphatic rings. The maximum atomic E-state index is 3.80. The number of hydrogen-bond acceptors (Lipinski definition) is 0. The van der Waals surface area contributed by atoms with E-state index >= 15 is 0 Å². The van der Waals surface area contributed by atoms with Crippen molar-refractivity contribution in [3.8, 4) is 11.1 Å². The highest BCUT2D eigenvalue weighted by Gasteiger charge is 1.99. The van der Waals surface area contributed by atoms with Crippen molar-refractivity contribution in [2.45, 2.75) is 45.4 Å². The van der Waals surface area contributed by atoms with Gasteiger partial charge in [-0.3, -0.25) is 0 Å². The van der Waals surface area contributed by atoms with E-state index in [0.717, 1.165) is 38.5 Å². The Balaban J connectivity index is 1.47. The Morgan fingerprint density at radius 3 is 1.45 bits per heavy atom. The lowest BCUT2D eigenvalue weighted by Crippen LogP contribution is -1.87. The Morgan fingerprint density at radius 1 is 0.548 bits per heavy atom. The van der Waals surface area contributed by atoms with Crippen LogP contribution in [0.15, 0.2) is 110 Å². The summed E-state index contributed by atoms with van der Waals surface area (Å²) in [6.45, 7) is 5.88. The lowest BCUT2D eigenvalue weighted by Gasteiger charge is -2.05. The molecule has 0 saturated carbocycles. The Morgan fingerprint density at radius 2 is 0.968 bits per heavy atom. The van der Waals surface area contributed by atoms with Crippen molar-refractivity contribution < 1.29 is 0 Å². The molecule has 31 heavy (non-hydrogen) atoms. The molecular formula is C31H34. The number of hydrogen-bond donors (Lipinski definition) is 0. The minimum Gasteiger partial charge on any atom is -0.103 e. The van der Waals surface area contributed by atoms with E-state index in [1.165, 1.54) is 33.4 Å². The number of benzene rings is 3. The average Bonchev–Trinajstić information content (AvgIpc) is 2.82. The Bertz CT molecular complexity index is 968. The van der Waals surface area contributed by atoms with Gasteiger partial charge in [-0.15, -0.1) is 6.58 Å². The van der Waals surface area contributed by atoms with Gasteiger partial charge in [-0.05, 0) is 78.8 Å². The molecular weight excluding hydrogens is 372 g/mol. The summed E-state index contributed by atoms with van der Waals surface area (Å²) in [6.07, 6.45) is 17.2. The Hall–Kier alpha value is -3.12. The van der Waals surface area contributed by atoms with E-state index in [1.807, 2.05) is 6.08 Å². The van der Waals surface area contributed by atoms with Gasteiger partial charge in [0, 0.05) is 0 Å². The first-order chi connectivity index (χ1) is 15.3. The van der Waals surface area contributed by atoms with Gasteiger partial charge in [0.05, 0.1) is 0 Å². The fourth-order valence-electron chi connectivity index (χ4n) is 3.66. The Labute approximate surface area is 188 Å². The van der Waals surface area contributed by atoms with Crippen molar-refractivity contribution in [2.24, 2.45) is 0 Å². The van der Waals surface area contributed by atoms with Gasteiger partial charge >= 0.3 is 0 Å². The third kappa shape index (κ3) is 7.57. The normalized spacial score (nSPS) is 11.4. The predicted molar refractivity (Wildman–Crippen MR) is 137 cm³/mol. The first-order valence-electron chi connectivity index (χ1n) is 11.4. The second-order valence-corrected chi connectivity index (χ2v) is 8.03. The second kappa shape index (κ2) is 12.5. The third-order valence-electron chi connectivity index (χ3n) is 5.61. The molecule has 0 aromatic heterocycles. The van der Waals surface area contributed by atoms with Gasteiger partial charge in [-0.25, -0.2) is 0 Å². The van der Waals surface area contributed by atoms with Crippen LogP contribution in [-0.4, -0.2) is 0 Å². The van der Waals surface area contributed by atoms with E-state index in [1.54, 1.807) is 0 Å². The van der Waals surface area contributed by atoms with Crippen molar-refractivity contribution in [1.82, 2.24) is 0 Å². The molecule has 0 unspecified atom stereocenters. The highest BCUT2D eigenvalue weighted by Crippen LogP contribution is 2.21. The molecule has 0 fully saturated rings. The quantitative estimate of drug-likeness (QED) is 0.281. The predicted octanol–water partition coefficient (Wildman–Crippen LogP) is 8.32. The summed E-state index contributed by atoms with van der Waals surface area (Å²) in [5, 5.41) is 0. The number of allylic oxidation sites excluding steroid dienone is 5. The molecule has 0 saturated heterocycles. The SMILES string of the molecule is C=CCCc1ccc(-c2ccc(C/C=C/Cc3ccc(CC/C=C/C)cc3)cc2)cc1. The molecule has 0 heteroatoms. The standard InChI is InChI=1S/C31H34/c1-3-5-7-11-27-14-16-28(17-15-27)12-8-9-13-29-20-24-31(25-21-29)30-22-18-26(19-23-30)10-6-4-2/h3-5,8-9,14-25H,2,6-7,10-13H2,1H3/b5-3+,9-8+. The van der Waals surface area contributed by atoms with Gasteiger partial charge in [0.2, 0.25) is 0 Å². The van der Waals surface area contributed by atoms with Gasteiger partial charge < -0.3 is 0 Å². The zero-order valence-electron chi connectivity index (χ0n) is 18.8. The topological polar surface area (TPSA) is 0 Å². The summed E-state index contributed by atoms with van der Waals surface area (Å²) in [7, 11) is 0. The number of aryl methyl sites for hydroxylation is 2. The molecule has 0 amide bonds. The first-order valence-corrected chi connectivity index (χ1v) is 11.4. The van der Waals surface area contributed by atoms with Crippen LogP contribution < -0.4 is 0 Å². The van der Waals surface area contributed by atoms with E-state index in [-0.39, 0.29) is 0 Å². The van der Waals surface area contributed by atoms with Crippen LogP contribution in [0.5, 0.6) is 0 Å². The van der Waals surface area contributed by atoms with Gasteiger partial charge in [0.1, 0.15) is 0 Å². The molecule has 0 nitrogen and oxygen atoms in total. The fourth-order valence-corrected chi connectivity index (χ4v) is 3.66. The molecule has 0 spiro atoms. The van der Waals surface area contributed by atoms with E-state index < -0.39 is 0 Å². The largest absolute Gasteiger partial charge is 0.103 e. The molecule has 3 aromatic carbocycles. The molecule has 3 rings (SSSR count). The van der Waals surface area contributed by atoms with Gasteiger partial charge in [0.25, 0.3) is 0 Å². The van der Waals surface area contributed by atoms with Crippen molar-refractivity contribution in [3.05, 3.63) is 132 Å². The summed E-state index contributed by atoms with van der Waals surface area (Å²) < 4.78 is 0. The lowest BCUT2D eigenvalue weighted by atomic mass is 10.00. The van der Waals surface area contributed by atoms with E-state index in [9.17, 15) is 0 Å². The molecule has 0 aliphatic carbocycles. The van der Waals surface area contributed by atoms with Crippen LogP contribution in [0.25, 0.3) is 11.1 Å². The third-order valence-corrected chi connectivity index (χ3v) is 5.61. The molecule has 3 aromatic rings. The zero-order chi connectivity index (χ0) is 21.7. The summed E-state index contributed by atoms with van der Waals surface area (Å²) in [5.41, 5.74) is 8.06. The van der Waals surface area contributed by atoms with Crippen LogP contribution in [-0.2, 0) is 25.7 Å². The summed E-state index contributed by atoms with van der Waals surface area (Å²) >= 11 is 0. The van der Waals surface area contributed by atoms with Crippen LogP contribution >= 0.6 is 0 Å². The molecule has 0 bridgehead atoms. The summed E-state index contributed by atoms with van der Waals surface area (Å²) in [6, 6.07) is 26.9. The van der Waals surface area contributed by atoms with Crippen molar-refractivity contribution in [1.29, 1.82) is 0 Å². The molecule has 0 atom stereocenters. The molecule has 0 heterocycles. The minimum absolute atomic E-state index is 0.974. The minimum atomic E-state index is 0.974. The van der Waals surface area contributed by atoms with Gasteiger partial charge in [0.15, 0.2) is 0 Å². The molecule has 0 radical (unpaired) electrons. The van der Waals surface area contributed by atoms with E-state index in [4.69, 9.17) is 0 Å². The van der Waals surface area contributed by atoms with Crippen LogP contribution in [0.1, 0.15) is 42.0 Å². The summed E-state index contributed by atoms with van der Waals surface area (Å²) in [4.78, 5) is 0. The highest BCUT2D eigenvalue weighted by molar-refractivity contribution is 5.64. The molecule has 158 valence electrons. The smallest absolute Gasteiger partial charge is 0.00973 e. The average molecular weight is 407 g/mol. The molecule has 0 aliphatic heterocycles. The summed E-state index contributed by atoms with van der Waals surface area (Å²) in [5.74, 6) is 0. The Kier molecular flexibility index (Phi) is 9.13. The van der Waals surface area contributed by atoms with Crippen molar-refractivity contribution >= 4 is 0 Å². The van der Waals surface area contributed by atoms with Crippen LogP contribution in [0.2, 0.25) is 0 Å². The van der Waals surface area contributed by atoms with Crippen LogP contribution in [0.3, 0.4) is 0 Å². The monoisotopic (exact) mass is 406 g/mol. The maximum absolute atomic E-state index is 3.80. The maximum Gasteiger partial charge on any atom is -0.00973 e. The highest BCUT2D eigenvalue weighted by atomic mass is 14.0. The number of rotatable bonds is 11. The molecule has 0 N–H and O–H groups in total. The zero-order valence-corrected chi connectivity index (χ0v) is 18.8. The van der Waals surface area contributed by atoms with Crippen LogP contribution in [0.4, 0.5) is 0 Å². The first kappa shape index (κ1) is 22.6. The fraction of sp³-hybridized carbons (Fsp3) is 0.226.